The van der Waals surface area contributed by atoms with Crippen LogP contribution in [0.2, 0.25) is 0 Å². The van der Waals surface area contributed by atoms with E-state index >= 15 is 0 Å². The van der Waals surface area contributed by atoms with Crippen LogP contribution in [0.5, 0.6) is 0 Å². The maximum atomic E-state index is 8.52. The second kappa shape index (κ2) is 4.96. The standard InChI is InChI=1S/C7H15N3O/c11-6-5-10-7-8-3-1-2-4-9-7/h11H,1-6H2,(H2,8,9,10). The Hall–Kier alpha value is -0.770. The average molecular weight is 157 g/mol. The molecule has 0 radical (unpaired) electrons. The van der Waals surface area contributed by atoms with Crippen LogP contribution in [0.25, 0.3) is 0 Å². The third-order valence-electron chi connectivity index (χ3n) is 1.55. The molecule has 11 heavy (non-hydrogen) atoms. The number of guanidine groups is 1. The van der Waals surface area contributed by atoms with Gasteiger partial charge in [0.15, 0.2) is 5.96 Å². The summed E-state index contributed by atoms with van der Waals surface area (Å²) in [6.45, 7) is 2.60. The first-order chi connectivity index (χ1) is 5.43. The third-order valence-corrected chi connectivity index (χ3v) is 1.55. The number of rotatable bonds is 2. The van der Waals surface area contributed by atoms with Crippen molar-refractivity contribution in [2.45, 2.75) is 12.8 Å². The molecule has 0 unspecified atom stereocenters. The molecule has 1 heterocycles. The van der Waals surface area contributed by atoms with Crippen LogP contribution in [0.15, 0.2) is 4.99 Å². The Balaban J connectivity index is 2.23. The molecule has 0 amide bonds. The molecular formula is C7H15N3O. The molecular weight excluding hydrogens is 142 g/mol. The van der Waals surface area contributed by atoms with E-state index in [0.29, 0.717) is 6.54 Å². The number of hydrogen-bond donors (Lipinski definition) is 3. The van der Waals surface area contributed by atoms with Gasteiger partial charge in [-0.1, -0.05) is 0 Å². The van der Waals surface area contributed by atoms with Crippen molar-refractivity contribution in [3.63, 3.8) is 0 Å². The first kappa shape index (κ1) is 8.33. The monoisotopic (exact) mass is 157 g/mol. The molecule has 0 aromatic rings. The molecule has 0 saturated heterocycles. The van der Waals surface area contributed by atoms with Crippen molar-refractivity contribution < 1.29 is 5.11 Å². The van der Waals surface area contributed by atoms with Crippen LogP contribution in [-0.2, 0) is 0 Å². The summed E-state index contributed by atoms with van der Waals surface area (Å²) in [5, 5.41) is 14.7. The second-order valence-corrected chi connectivity index (χ2v) is 2.51. The van der Waals surface area contributed by atoms with Crippen LogP contribution >= 0.6 is 0 Å². The molecule has 1 aliphatic heterocycles. The smallest absolute Gasteiger partial charge is 0.191 e. The van der Waals surface area contributed by atoms with Crippen molar-refractivity contribution in [1.29, 1.82) is 0 Å². The normalized spacial score (nSPS) is 18.1. The van der Waals surface area contributed by atoms with E-state index in [0.717, 1.165) is 25.5 Å². The fourth-order valence-corrected chi connectivity index (χ4v) is 0.983. The van der Waals surface area contributed by atoms with Gasteiger partial charge in [-0.15, -0.1) is 0 Å². The van der Waals surface area contributed by atoms with Crippen molar-refractivity contribution in [3.05, 3.63) is 0 Å². The van der Waals surface area contributed by atoms with Gasteiger partial charge in [-0.3, -0.25) is 4.99 Å². The molecule has 0 bridgehead atoms. The van der Waals surface area contributed by atoms with Gasteiger partial charge in [0.2, 0.25) is 0 Å². The molecule has 0 aromatic heterocycles. The summed E-state index contributed by atoms with van der Waals surface area (Å²) >= 11 is 0. The van der Waals surface area contributed by atoms with Crippen LogP contribution in [0.4, 0.5) is 0 Å². The highest BCUT2D eigenvalue weighted by Crippen LogP contribution is 1.91. The van der Waals surface area contributed by atoms with Crippen molar-refractivity contribution >= 4 is 5.96 Å². The van der Waals surface area contributed by atoms with Crippen LogP contribution in [0, 0.1) is 0 Å². The summed E-state index contributed by atoms with van der Waals surface area (Å²) in [6.07, 6.45) is 2.32. The molecule has 0 saturated carbocycles. The summed E-state index contributed by atoms with van der Waals surface area (Å²) in [7, 11) is 0. The molecule has 0 aliphatic carbocycles. The molecule has 0 spiro atoms. The fraction of sp³-hybridized carbons (Fsp3) is 0.857. The van der Waals surface area contributed by atoms with E-state index in [9.17, 15) is 0 Å². The molecule has 0 aromatic carbocycles. The fourth-order valence-electron chi connectivity index (χ4n) is 0.983. The zero-order valence-corrected chi connectivity index (χ0v) is 6.64. The first-order valence-electron chi connectivity index (χ1n) is 4.06. The van der Waals surface area contributed by atoms with Gasteiger partial charge in [0.25, 0.3) is 0 Å². The topological polar surface area (TPSA) is 56.6 Å². The summed E-state index contributed by atoms with van der Waals surface area (Å²) < 4.78 is 0. The molecule has 0 fully saturated rings. The number of hydrogen-bond acceptors (Lipinski definition) is 4. The molecule has 1 rings (SSSR count). The lowest BCUT2D eigenvalue weighted by Gasteiger charge is -2.07. The highest BCUT2D eigenvalue weighted by Gasteiger charge is 2.00. The van der Waals surface area contributed by atoms with E-state index in [4.69, 9.17) is 5.11 Å². The van der Waals surface area contributed by atoms with E-state index in [-0.39, 0.29) is 6.61 Å². The van der Waals surface area contributed by atoms with Crippen molar-refractivity contribution in [1.82, 2.24) is 10.6 Å². The minimum atomic E-state index is 0.153. The van der Waals surface area contributed by atoms with Crippen molar-refractivity contribution in [3.8, 4) is 0 Å². The highest BCUT2D eigenvalue weighted by atomic mass is 16.3. The Kier molecular flexibility index (Phi) is 3.75. The van der Waals surface area contributed by atoms with Gasteiger partial charge in [0.05, 0.1) is 6.61 Å². The van der Waals surface area contributed by atoms with Gasteiger partial charge in [-0.05, 0) is 12.8 Å². The molecule has 3 N–H and O–H groups in total. The Morgan fingerprint density at radius 3 is 3.27 bits per heavy atom. The lowest BCUT2D eigenvalue weighted by atomic mass is 10.3. The average Bonchev–Trinajstić information content (AvgIpc) is 2.28. The minimum Gasteiger partial charge on any atom is -0.395 e. The van der Waals surface area contributed by atoms with Gasteiger partial charge in [-0.25, -0.2) is 0 Å². The van der Waals surface area contributed by atoms with Crippen LogP contribution < -0.4 is 10.6 Å². The molecule has 0 atom stereocenters. The molecule has 64 valence electrons. The SMILES string of the molecule is OCCNC1=NCCCCN1. The number of nitrogens with zero attached hydrogens (tertiary/aromatic N) is 1. The highest BCUT2D eigenvalue weighted by molar-refractivity contribution is 5.79. The lowest BCUT2D eigenvalue weighted by molar-refractivity contribution is 0.300. The van der Waals surface area contributed by atoms with Gasteiger partial charge < -0.3 is 15.7 Å². The van der Waals surface area contributed by atoms with E-state index in [1.807, 2.05) is 0 Å². The summed E-state index contributed by atoms with van der Waals surface area (Å²) in [4.78, 5) is 4.24. The Morgan fingerprint density at radius 1 is 1.55 bits per heavy atom. The summed E-state index contributed by atoms with van der Waals surface area (Å²) in [5.74, 6) is 0.830. The van der Waals surface area contributed by atoms with Crippen molar-refractivity contribution in [2.24, 2.45) is 4.99 Å². The zero-order valence-electron chi connectivity index (χ0n) is 6.64. The number of nitrogens with one attached hydrogen (secondary N) is 2. The zero-order chi connectivity index (χ0) is 7.94. The van der Waals surface area contributed by atoms with Gasteiger partial charge >= 0.3 is 0 Å². The lowest BCUT2D eigenvalue weighted by Crippen LogP contribution is -2.38. The van der Waals surface area contributed by atoms with Crippen LogP contribution in [0.3, 0.4) is 0 Å². The molecule has 4 nitrogen and oxygen atoms in total. The second-order valence-electron chi connectivity index (χ2n) is 2.51. The summed E-state index contributed by atoms with van der Waals surface area (Å²) in [5.41, 5.74) is 0. The largest absolute Gasteiger partial charge is 0.395 e. The van der Waals surface area contributed by atoms with Crippen molar-refractivity contribution in [2.75, 3.05) is 26.2 Å². The maximum absolute atomic E-state index is 8.52. The van der Waals surface area contributed by atoms with E-state index < -0.39 is 0 Å². The van der Waals surface area contributed by atoms with Gasteiger partial charge in [-0.2, -0.15) is 0 Å². The van der Waals surface area contributed by atoms with Crippen LogP contribution in [-0.4, -0.2) is 37.3 Å². The van der Waals surface area contributed by atoms with Gasteiger partial charge in [0, 0.05) is 19.6 Å². The maximum Gasteiger partial charge on any atom is 0.191 e. The quantitative estimate of drug-likeness (QED) is 0.497. The molecule has 4 heteroatoms. The van der Waals surface area contributed by atoms with E-state index in [2.05, 4.69) is 15.6 Å². The van der Waals surface area contributed by atoms with E-state index in [1.165, 1.54) is 6.42 Å². The Labute approximate surface area is 66.7 Å². The number of aliphatic hydroxyl groups is 1. The Morgan fingerprint density at radius 2 is 2.45 bits per heavy atom. The minimum absolute atomic E-state index is 0.153. The number of aliphatic hydroxyl groups excluding tert-OH is 1. The predicted molar refractivity (Wildman–Crippen MR) is 44.6 cm³/mol. The Bertz CT molecular complexity index is 136. The summed E-state index contributed by atoms with van der Waals surface area (Å²) in [6, 6.07) is 0. The van der Waals surface area contributed by atoms with E-state index in [1.54, 1.807) is 0 Å². The van der Waals surface area contributed by atoms with Gasteiger partial charge in [0.1, 0.15) is 0 Å². The predicted octanol–water partition coefficient (Wildman–Crippen LogP) is -0.692. The van der Waals surface area contributed by atoms with Crippen LogP contribution in [0.1, 0.15) is 12.8 Å². The third kappa shape index (κ3) is 3.23. The molecule has 1 aliphatic rings. The number of aliphatic imine (C=N–C) groups is 1. The first-order valence-corrected chi connectivity index (χ1v) is 4.06.